The van der Waals surface area contributed by atoms with E-state index < -0.39 is 5.60 Å². The Hall–Kier alpha value is -1.49. The highest BCUT2D eigenvalue weighted by Gasteiger charge is 2.34. The van der Waals surface area contributed by atoms with Crippen molar-refractivity contribution in [3.63, 3.8) is 0 Å². The first-order valence-electron chi connectivity index (χ1n) is 8.00. The van der Waals surface area contributed by atoms with Crippen LogP contribution in [0.2, 0.25) is 0 Å². The van der Waals surface area contributed by atoms with Crippen molar-refractivity contribution in [3.8, 4) is 0 Å². The molecule has 0 aromatic carbocycles. The molecule has 0 saturated carbocycles. The summed E-state index contributed by atoms with van der Waals surface area (Å²) >= 11 is 0. The normalized spacial score (nSPS) is 23.6. The van der Waals surface area contributed by atoms with E-state index in [1.165, 1.54) is 5.56 Å². The van der Waals surface area contributed by atoms with Crippen LogP contribution in [0.3, 0.4) is 0 Å². The predicted octanol–water partition coefficient (Wildman–Crippen LogP) is 2.85. The van der Waals surface area contributed by atoms with Crippen molar-refractivity contribution < 1.29 is 9.53 Å². The summed E-state index contributed by atoms with van der Waals surface area (Å²) in [4.78, 5) is 16.6. The summed E-state index contributed by atoms with van der Waals surface area (Å²) in [6.45, 7) is 12.5. The van der Waals surface area contributed by atoms with Crippen molar-refractivity contribution >= 4 is 6.09 Å². The first-order chi connectivity index (χ1) is 10.2. The van der Waals surface area contributed by atoms with E-state index in [1.54, 1.807) is 0 Å². The second kappa shape index (κ2) is 6.32. The van der Waals surface area contributed by atoms with Gasteiger partial charge in [0, 0.05) is 51.2 Å². The highest BCUT2D eigenvalue weighted by atomic mass is 16.6. The van der Waals surface area contributed by atoms with E-state index in [0.717, 1.165) is 13.1 Å². The third-order valence-electron chi connectivity index (χ3n) is 4.02. The number of piperazine rings is 1. The van der Waals surface area contributed by atoms with Crippen molar-refractivity contribution in [2.24, 2.45) is 7.05 Å². The molecule has 0 bridgehead atoms. The van der Waals surface area contributed by atoms with Gasteiger partial charge >= 0.3 is 6.09 Å². The number of carbonyl (C=O) groups is 1. The van der Waals surface area contributed by atoms with Crippen LogP contribution in [-0.2, 0) is 18.3 Å². The summed E-state index contributed by atoms with van der Waals surface area (Å²) in [6.07, 6.45) is 4.02. The number of amides is 1. The minimum Gasteiger partial charge on any atom is -0.444 e. The van der Waals surface area contributed by atoms with Gasteiger partial charge in [-0.1, -0.05) is 0 Å². The molecule has 2 heterocycles. The molecule has 5 heteroatoms. The number of aromatic nitrogens is 1. The van der Waals surface area contributed by atoms with Gasteiger partial charge in [-0.3, -0.25) is 4.90 Å². The molecule has 1 aromatic rings. The highest BCUT2D eigenvalue weighted by Crippen LogP contribution is 2.20. The number of carbonyl (C=O) groups excluding carboxylic acids is 1. The zero-order valence-corrected chi connectivity index (χ0v) is 14.7. The van der Waals surface area contributed by atoms with Crippen LogP contribution in [-0.4, -0.2) is 51.2 Å². The van der Waals surface area contributed by atoms with Crippen LogP contribution in [0.4, 0.5) is 4.79 Å². The topological polar surface area (TPSA) is 37.7 Å². The molecular formula is C17H29N3O2. The third kappa shape index (κ3) is 4.26. The Balaban J connectivity index is 1.97. The van der Waals surface area contributed by atoms with Gasteiger partial charge < -0.3 is 14.2 Å². The summed E-state index contributed by atoms with van der Waals surface area (Å²) in [7, 11) is 2.04. The third-order valence-corrected chi connectivity index (χ3v) is 4.02. The van der Waals surface area contributed by atoms with Crippen LogP contribution in [0, 0.1) is 0 Å². The minimum atomic E-state index is -0.443. The van der Waals surface area contributed by atoms with Crippen LogP contribution in [0.25, 0.3) is 0 Å². The van der Waals surface area contributed by atoms with Gasteiger partial charge in [0.2, 0.25) is 0 Å². The van der Waals surface area contributed by atoms with Crippen molar-refractivity contribution in [2.75, 3.05) is 13.1 Å². The molecule has 0 radical (unpaired) electrons. The van der Waals surface area contributed by atoms with Crippen LogP contribution in [0.5, 0.6) is 0 Å². The summed E-state index contributed by atoms with van der Waals surface area (Å²) in [5.74, 6) is 0. The highest BCUT2D eigenvalue weighted by molar-refractivity contribution is 5.68. The smallest absolute Gasteiger partial charge is 0.410 e. The Labute approximate surface area is 133 Å². The second-order valence-corrected chi connectivity index (χ2v) is 7.45. The molecule has 1 aromatic heterocycles. The van der Waals surface area contributed by atoms with E-state index >= 15 is 0 Å². The molecule has 1 aliphatic rings. The van der Waals surface area contributed by atoms with E-state index in [4.69, 9.17) is 4.74 Å². The molecule has 2 rings (SSSR count). The van der Waals surface area contributed by atoms with Gasteiger partial charge in [0.15, 0.2) is 0 Å². The lowest BCUT2D eigenvalue weighted by molar-refractivity contribution is -0.0117. The first kappa shape index (κ1) is 16.9. The first-order valence-corrected chi connectivity index (χ1v) is 8.00. The number of hydrogen-bond acceptors (Lipinski definition) is 3. The Morgan fingerprint density at radius 3 is 2.50 bits per heavy atom. The zero-order chi connectivity index (χ0) is 16.5. The number of ether oxygens (including phenoxy) is 1. The van der Waals surface area contributed by atoms with E-state index in [0.29, 0.717) is 12.6 Å². The van der Waals surface area contributed by atoms with E-state index in [-0.39, 0.29) is 12.1 Å². The van der Waals surface area contributed by atoms with Crippen LogP contribution < -0.4 is 0 Å². The molecule has 1 amide bonds. The van der Waals surface area contributed by atoms with Crippen LogP contribution >= 0.6 is 0 Å². The van der Waals surface area contributed by atoms with Crippen molar-refractivity contribution in [3.05, 3.63) is 24.0 Å². The predicted molar refractivity (Wildman–Crippen MR) is 87.7 cm³/mol. The Morgan fingerprint density at radius 2 is 1.95 bits per heavy atom. The molecule has 0 aliphatic carbocycles. The van der Waals surface area contributed by atoms with E-state index in [1.807, 2.05) is 32.7 Å². The number of nitrogens with zero attached hydrogens (tertiary/aromatic N) is 3. The van der Waals surface area contributed by atoms with Crippen molar-refractivity contribution in [2.45, 2.75) is 58.8 Å². The maximum Gasteiger partial charge on any atom is 0.410 e. The molecule has 2 atom stereocenters. The van der Waals surface area contributed by atoms with Gasteiger partial charge in [-0.25, -0.2) is 4.79 Å². The molecule has 0 spiro atoms. The summed E-state index contributed by atoms with van der Waals surface area (Å²) in [6, 6.07) is 2.64. The van der Waals surface area contributed by atoms with Gasteiger partial charge in [-0.2, -0.15) is 0 Å². The lowest BCUT2D eigenvalue weighted by atomic mass is 10.1. The Morgan fingerprint density at radius 1 is 1.27 bits per heavy atom. The van der Waals surface area contributed by atoms with Gasteiger partial charge in [-0.15, -0.1) is 0 Å². The molecular weight excluding hydrogens is 278 g/mol. The fraction of sp³-hybridized carbons (Fsp3) is 0.706. The second-order valence-electron chi connectivity index (χ2n) is 7.45. The van der Waals surface area contributed by atoms with Gasteiger partial charge in [0.25, 0.3) is 0 Å². The van der Waals surface area contributed by atoms with Gasteiger partial charge in [0.05, 0.1) is 0 Å². The fourth-order valence-electron chi connectivity index (χ4n) is 2.88. The average molecular weight is 307 g/mol. The fourth-order valence-corrected chi connectivity index (χ4v) is 2.88. The minimum absolute atomic E-state index is 0.162. The molecule has 1 fully saturated rings. The number of aryl methyl sites for hydroxylation is 1. The molecule has 5 nitrogen and oxygen atoms in total. The van der Waals surface area contributed by atoms with Crippen molar-refractivity contribution in [1.29, 1.82) is 0 Å². The van der Waals surface area contributed by atoms with Crippen LogP contribution in [0.15, 0.2) is 18.5 Å². The standard InChI is InChI=1S/C17H29N3O2/c1-13-10-20(16(21)22-17(3,4)5)14(2)9-19(13)12-15-7-8-18(6)11-15/h7-8,11,13-14H,9-10,12H2,1-6H3/t13-,14+/m1/s1. The molecule has 124 valence electrons. The molecule has 1 aliphatic heterocycles. The largest absolute Gasteiger partial charge is 0.444 e. The number of hydrogen-bond donors (Lipinski definition) is 0. The SMILES string of the molecule is C[C@@H]1CN(C(=O)OC(C)(C)C)[C@@H](C)CN1Cc1ccn(C)c1. The zero-order valence-electron chi connectivity index (χ0n) is 14.7. The monoisotopic (exact) mass is 307 g/mol. The van der Waals surface area contributed by atoms with Gasteiger partial charge in [-0.05, 0) is 46.2 Å². The average Bonchev–Trinajstić information content (AvgIpc) is 2.76. The Bertz CT molecular complexity index is 518. The molecule has 22 heavy (non-hydrogen) atoms. The lowest BCUT2D eigenvalue weighted by Gasteiger charge is -2.44. The summed E-state index contributed by atoms with van der Waals surface area (Å²) in [5.41, 5.74) is 0.869. The molecule has 0 unspecified atom stereocenters. The maximum atomic E-state index is 12.3. The van der Waals surface area contributed by atoms with Crippen LogP contribution in [0.1, 0.15) is 40.2 Å². The van der Waals surface area contributed by atoms with E-state index in [9.17, 15) is 4.79 Å². The van der Waals surface area contributed by atoms with E-state index in [2.05, 4.69) is 41.8 Å². The quantitative estimate of drug-likeness (QED) is 0.843. The van der Waals surface area contributed by atoms with Gasteiger partial charge in [0.1, 0.15) is 5.60 Å². The van der Waals surface area contributed by atoms with Crippen molar-refractivity contribution in [1.82, 2.24) is 14.4 Å². The summed E-state index contributed by atoms with van der Waals surface area (Å²) in [5, 5.41) is 0. The number of rotatable bonds is 2. The molecule has 1 saturated heterocycles. The maximum absolute atomic E-state index is 12.3. The lowest BCUT2D eigenvalue weighted by Crippen LogP contribution is -2.58. The molecule has 0 N–H and O–H groups in total. The Kier molecular flexibility index (Phi) is 4.85. The summed E-state index contributed by atoms with van der Waals surface area (Å²) < 4.78 is 7.59.